The van der Waals surface area contributed by atoms with Gasteiger partial charge in [0.2, 0.25) is 5.78 Å². The van der Waals surface area contributed by atoms with Gasteiger partial charge in [0.25, 0.3) is 0 Å². The number of carbonyl (C=O) groups is 1. The molecule has 2 aromatic rings. The van der Waals surface area contributed by atoms with Gasteiger partial charge in [0.1, 0.15) is 5.69 Å². The monoisotopic (exact) mass is 231 g/mol. The Balaban J connectivity index is 2.35. The van der Waals surface area contributed by atoms with Crippen LogP contribution in [0, 0.1) is 5.82 Å². The van der Waals surface area contributed by atoms with E-state index in [9.17, 15) is 9.18 Å². The molecule has 86 valence electrons. The summed E-state index contributed by atoms with van der Waals surface area (Å²) in [7, 11) is 1.37. The Morgan fingerprint density at radius 1 is 1.29 bits per heavy atom. The summed E-state index contributed by atoms with van der Waals surface area (Å²) in [6, 6.07) is 9.09. The third-order valence-electron chi connectivity index (χ3n) is 2.31. The summed E-state index contributed by atoms with van der Waals surface area (Å²) in [6.45, 7) is 0. The molecule has 0 fully saturated rings. The van der Waals surface area contributed by atoms with Crippen molar-refractivity contribution in [2.75, 3.05) is 7.11 Å². The van der Waals surface area contributed by atoms with Crippen LogP contribution in [-0.4, -0.2) is 17.9 Å². The van der Waals surface area contributed by atoms with E-state index < -0.39 is 5.82 Å². The molecule has 0 saturated carbocycles. The first-order chi connectivity index (χ1) is 8.22. The second-order valence-electron chi connectivity index (χ2n) is 3.39. The summed E-state index contributed by atoms with van der Waals surface area (Å²) in [6.07, 6.45) is 1.52. The van der Waals surface area contributed by atoms with Crippen LogP contribution in [0.5, 0.6) is 5.75 Å². The number of rotatable bonds is 3. The number of aromatic nitrogens is 1. The predicted molar refractivity (Wildman–Crippen MR) is 60.6 cm³/mol. The first kappa shape index (κ1) is 11.3. The van der Waals surface area contributed by atoms with Crippen LogP contribution in [0.3, 0.4) is 0 Å². The van der Waals surface area contributed by atoms with Crippen molar-refractivity contribution in [2.24, 2.45) is 0 Å². The molecular formula is C13H10FNO2. The van der Waals surface area contributed by atoms with Gasteiger partial charge in [-0.1, -0.05) is 6.07 Å². The minimum atomic E-state index is -0.561. The molecule has 17 heavy (non-hydrogen) atoms. The van der Waals surface area contributed by atoms with Crippen LogP contribution >= 0.6 is 0 Å². The van der Waals surface area contributed by atoms with Gasteiger partial charge in [-0.25, -0.2) is 4.39 Å². The second-order valence-corrected chi connectivity index (χ2v) is 3.39. The fourth-order valence-electron chi connectivity index (χ4n) is 1.45. The number of hydrogen-bond acceptors (Lipinski definition) is 3. The third-order valence-corrected chi connectivity index (χ3v) is 2.31. The van der Waals surface area contributed by atoms with Crippen LogP contribution in [-0.2, 0) is 0 Å². The van der Waals surface area contributed by atoms with E-state index in [0.29, 0.717) is 0 Å². The maximum Gasteiger partial charge on any atom is 0.211 e. The molecule has 0 aliphatic heterocycles. The van der Waals surface area contributed by atoms with Gasteiger partial charge in [-0.2, -0.15) is 0 Å². The zero-order valence-electron chi connectivity index (χ0n) is 9.18. The Morgan fingerprint density at radius 3 is 2.71 bits per heavy atom. The average Bonchev–Trinajstić information content (AvgIpc) is 2.39. The molecule has 1 aromatic heterocycles. The van der Waals surface area contributed by atoms with E-state index in [1.807, 2.05) is 0 Å². The average molecular weight is 231 g/mol. The summed E-state index contributed by atoms with van der Waals surface area (Å²) in [5.74, 6) is -0.760. The molecule has 0 radical (unpaired) electrons. The lowest BCUT2D eigenvalue weighted by molar-refractivity contribution is 0.103. The molecule has 0 aliphatic rings. The fourth-order valence-corrected chi connectivity index (χ4v) is 1.45. The lowest BCUT2D eigenvalue weighted by atomic mass is 10.1. The van der Waals surface area contributed by atoms with Crippen molar-refractivity contribution in [3.8, 4) is 5.75 Å². The summed E-state index contributed by atoms with van der Waals surface area (Å²) in [5.41, 5.74) is 0.541. The van der Waals surface area contributed by atoms with Gasteiger partial charge in [0.05, 0.1) is 7.11 Å². The number of benzene rings is 1. The van der Waals surface area contributed by atoms with Gasteiger partial charge in [-0.05, 0) is 30.3 Å². The number of ketones is 1. The number of pyridine rings is 1. The van der Waals surface area contributed by atoms with Gasteiger partial charge in [0, 0.05) is 11.8 Å². The Hall–Kier alpha value is -2.23. The maximum atomic E-state index is 13.4. The number of nitrogens with zero attached hydrogens (tertiary/aromatic N) is 1. The molecule has 3 nitrogen and oxygen atoms in total. The van der Waals surface area contributed by atoms with Crippen LogP contribution in [0.2, 0.25) is 0 Å². The van der Waals surface area contributed by atoms with Gasteiger partial charge < -0.3 is 4.74 Å². The Kier molecular flexibility index (Phi) is 3.14. The van der Waals surface area contributed by atoms with Crippen molar-refractivity contribution in [3.05, 3.63) is 59.7 Å². The van der Waals surface area contributed by atoms with E-state index >= 15 is 0 Å². The predicted octanol–water partition coefficient (Wildman–Crippen LogP) is 2.46. The summed E-state index contributed by atoms with van der Waals surface area (Å²) in [4.78, 5) is 15.9. The molecule has 4 heteroatoms. The van der Waals surface area contributed by atoms with Crippen molar-refractivity contribution in [1.29, 1.82) is 0 Å². The fraction of sp³-hybridized carbons (Fsp3) is 0.0769. The molecule has 0 saturated heterocycles. The molecule has 0 atom stereocenters. The largest absolute Gasteiger partial charge is 0.494 e. The Bertz CT molecular complexity index is 540. The van der Waals surface area contributed by atoms with Gasteiger partial charge in [-0.15, -0.1) is 0 Å². The zero-order valence-corrected chi connectivity index (χ0v) is 9.18. The minimum Gasteiger partial charge on any atom is -0.494 e. The SMILES string of the molecule is COc1ccc(C(=O)c2ccccn2)cc1F. The van der Waals surface area contributed by atoms with Crippen LogP contribution in [0.4, 0.5) is 4.39 Å². The third kappa shape index (κ3) is 2.30. The molecule has 0 amide bonds. The summed E-state index contributed by atoms with van der Waals surface area (Å²) >= 11 is 0. The highest BCUT2D eigenvalue weighted by molar-refractivity contribution is 6.07. The first-order valence-electron chi connectivity index (χ1n) is 5.01. The van der Waals surface area contributed by atoms with Crippen molar-refractivity contribution in [2.45, 2.75) is 0 Å². The van der Waals surface area contributed by atoms with Crippen LogP contribution in [0.1, 0.15) is 16.1 Å². The van der Waals surface area contributed by atoms with Crippen molar-refractivity contribution in [3.63, 3.8) is 0 Å². The highest BCUT2D eigenvalue weighted by Gasteiger charge is 2.12. The molecule has 0 bridgehead atoms. The number of carbonyl (C=O) groups excluding carboxylic acids is 1. The van der Waals surface area contributed by atoms with Crippen LogP contribution < -0.4 is 4.74 Å². The molecule has 0 N–H and O–H groups in total. The van der Waals surface area contributed by atoms with E-state index in [1.165, 1.54) is 25.4 Å². The highest BCUT2D eigenvalue weighted by Crippen LogP contribution is 2.19. The maximum absolute atomic E-state index is 13.4. The number of halogens is 1. The van der Waals surface area contributed by atoms with E-state index in [1.54, 1.807) is 18.2 Å². The standard InChI is InChI=1S/C13H10FNO2/c1-17-12-6-5-9(8-10(12)14)13(16)11-4-2-3-7-15-11/h2-8H,1H3. The minimum absolute atomic E-state index is 0.113. The smallest absolute Gasteiger partial charge is 0.211 e. The van der Waals surface area contributed by atoms with Crippen molar-refractivity contribution in [1.82, 2.24) is 4.98 Å². The van der Waals surface area contributed by atoms with Crippen LogP contribution in [0.15, 0.2) is 42.6 Å². The second kappa shape index (κ2) is 4.74. The summed E-state index contributed by atoms with van der Waals surface area (Å²) < 4.78 is 18.2. The molecular weight excluding hydrogens is 221 g/mol. The molecule has 0 aliphatic carbocycles. The molecule has 2 rings (SSSR count). The lowest BCUT2D eigenvalue weighted by Crippen LogP contribution is -2.04. The van der Waals surface area contributed by atoms with E-state index in [4.69, 9.17) is 4.74 Å². The first-order valence-corrected chi connectivity index (χ1v) is 5.01. The van der Waals surface area contributed by atoms with Gasteiger partial charge >= 0.3 is 0 Å². The van der Waals surface area contributed by atoms with Gasteiger partial charge in [-0.3, -0.25) is 9.78 Å². The highest BCUT2D eigenvalue weighted by atomic mass is 19.1. The van der Waals surface area contributed by atoms with Crippen LogP contribution in [0.25, 0.3) is 0 Å². The van der Waals surface area contributed by atoms with Gasteiger partial charge in [0.15, 0.2) is 11.6 Å². The topological polar surface area (TPSA) is 39.2 Å². The molecule has 1 heterocycles. The Labute approximate surface area is 97.9 Å². The molecule has 0 spiro atoms. The Morgan fingerprint density at radius 2 is 2.12 bits per heavy atom. The number of hydrogen-bond donors (Lipinski definition) is 0. The molecule has 0 unspecified atom stereocenters. The normalized spacial score (nSPS) is 10.0. The quantitative estimate of drug-likeness (QED) is 0.762. The zero-order chi connectivity index (χ0) is 12.3. The number of methoxy groups -OCH3 is 1. The number of ether oxygens (including phenoxy) is 1. The van der Waals surface area contributed by atoms with E-state index in [-0.39, 0.29) is 22.8 Å². The van der Waals surface area contributed by atoms with Crippen molar-refractivity contribution < 1.29 is 13.9 Å². The molecule has 1 aromatic carbocycles. The summed E-state index contributed by atoms with van der Waals surface area (Å²) in [5, 5.41) is 0. The van der Waals surface area contributed by atoms with E-state index in [2.05, 4.69) is 4.98 Å². The lowest BCUT2D eigenvalue weighted by Gasteiger charge is -2.04. The van der Waals surface area contributed by atoms with E-state index in [0.717, 1.165) is 6.07 Å². The van der Waals surface area contributed by atoms with Crippen molar-refractivity contribution >= 4 is 5.78 Å².